The van der Waals surface area contributed by atoms with Crippen molar-refractivity contribution in [1.82, 2.24) is 10.2 Å². The van der Waals surface area contributed by atoms with Crippen molar-refractivity contribution in [2.24, 2.45) is 0 Å². The standard InChI is InChI=1S/C30H35Cl2N3O4S/c1-5-22(4)33-30(37)28(6-2)34(19-23-10-8-7-9-11-23)29(36)20-35(26-17-24(31)16-25(32)18-26)40(38,39)27-14-12-21(3)13-15-27/h7-18,22,28H,5-6,19-20H2,1-4H3,(H,33,37)/t22-,28+/m0/s1. The second kappa shape index (κ2) is 14.0. The van der Waals surface area contributed by atoms with E-state index in [4.69, 9.17) is 23.2 Å². The van der Waals surface area contributed by atoms with Crippen LogP contribution in [0.1, 0.15) is 44.7 Å². The minimum Gasteiger partial charge on any atom is -0.352 e. The Hall–Kier alpha value is -3.07. The molecule has 0 radical (unpaired) electrons. The molecule has 0 fully saturated rings. The Morgan fingerprint density at radius 2 is 1.50 bits per heavy atom. The molecule has 0 saturated carbocycles. The average molecular weight is 605 g/mol. The van der Waals surface area contributed by atoms with Gasteiger partial charge in [-0.1, -0.05) is 85.1 Å². The van der Waals surface area contributed by atoms with E-state index < -0.39 is 28.5 Å². The summed E-state index contributed by atoms with van der Waals surface area (Å²) in [5.74, 6) is -0.832. The maximum absolute atomic E-state index is 14.1. The van der Waals surface area contributed by atoms with Gasteiger partial charge >= 0.3 is 0 Å². The number of hydrogen-bond acceptors (Lipinski definition) is 4. The zero-order valence-corrected chi connectivity index (χ0v) is 25.4. The monoisotopic (exact) mass is 603 g/mol. The fourth-order valence-electron chi connectivity index (χ4n) is 4.19. The quantitative estimate of drug-likeness (QED) is 0.266. The highest BCUT2D eigenvalue weighted by atomic mass is 35.5. The number of nitrogens with zero attached hydrogens (tertiary/aromatic N) is 2. The Morgan fingerprint density at radius 3 is 2.05 bits per heavy atom. The lowest BCUT2D eigenvalue weighted by Crippen LogP contribution is -2.53. The maximum atomic E-state index is 14.1. The van der Waals surface area contributed by atoms with E-state index in [9.17, 15) is 18.0 Å². The highest BCUT2D eigenvalue weighted by Gasteiger charge is 2.34. The molecule has 40 heavy (non-hydrogen) atoms. The van der Waals surface area contributed by atoms with Crippen LogP contribution in [0.4, 0.5) is 5.69 Å². The Kier molecular flexibility index (Phi) is 11.0. The van der Waals surface area contributed by atoms with Crippen LogP contribution in [-0.2, 0) is 26.2 Å². The molecular formula is C30H35Cl2N3O4S. The highest BCUT2D eigenvalue weighted by molar-refractivity contribution is 7.92. The van der Waals surface area contributed by atoms with Crippen LogP contribution in [-0.4, -0.2) is 43.8 Å². The molecule has 0 aliphatic carbocycles. The molecule has 0 saturated heterocycles. The van der Waals surface area contributed by atoms with Crippen LogP contribution < -0.4 is 9.62 Å². The minimum absolute atomic E-state index is 0.0122. The third-order valence-corrected chi connectivity index (χ3v) is 8.83. The van der Waals surface area contributed by atoms with Crippen molar-refractivity contribution in [1.29, 1.82) is 0 Å². The van der Waals surface area contributed by atoms with Gasteiger partial charge in [-0.25, -0.2) is 8.42 Å². The first kappa shape index (κ1) is 31.5. The van der Waals surface area contributed by atoms with Crippen LogP contribution >= 0.6 is 23.2 Å². The van der Waals surface area contributed by atoms with Crippen LogP contribution in [0, 0.1) is 6.92 Å². The van der Waals surface area contributed by atoms with E-state index in [1.54, 1.807) is 12.1 Å². The number of carbonyl (C=O) groups excluding carboxylic acids is 2. The predicted octanol–water partition coefficient (Wildman–Crippen LogP) is 6.22. The van der Waals surface area contributed by atoms with Gasteiger partial charge in [0.1, 0.15) is 12.6 Å². The molecule has 3 aromatic rings. The van der Waals surface area contributed by atoms with Gasteiger partial charge in [-0.05, 0) is 62.6 Å². The van der Waals surface area contributed by atoms with Gasteiger partial charge in [0.25, 0.3) is 10.0 Å². The van der Waals surface area contributed by atoms with E-state index in [-0.39, 0.29) is 39.1 Å². The third kappa shape index (κ3) is 7.99. The summed E-state index contributed by atoms with van der Waals surface area (Å²) >= 11 is 12.5. The van der Waals surface area contributed by atoms with E-state index >= 15 is 0 Å². The first-order valence-electron chi connectivity index (χ1n) is 13.2. The second-order valence-electron chi connectivity index (χ2n) is 9.70. The number of rotatable bonds is 12. The number of amides is 2. The van der Waals surface area contributed by atoms with Crippen LogP contribution in [0.2, 0.25) is 10.0 Å². The summed E-state index contributed by atoms with van der Waals surface area (Å²) < 4.78 is 28.9. The molecule has 2 amide bonds. The molecule has 3 aromatic carbocycles. The largest absolute Gasteiger partial charge is 0.352 e. The lowest BCUT2D eigenvalue weighted by Gasteiger charge is -2.33. The molecular weight excluding hydrogens is 569 g/mol. The first-order valence-corrected chi connectivity index (χ1v) is 15.3. The number of carbonyl (C=O) groups is 2. The van der Waals surface area contributed by atoms with Crippen molar-refractivity contribution in [3.63, 3.8) is 0 Å². The zero-order chi connectivity index (χ0) is 29.4. The summed E-state index contributed by atoms with van der Waals surface area (Å²) in [6, 6.07) is 19.1. The molecule has 0 heterocycles. The zero-order valence-electron chi connectivity index (χ0n) is 23.1. The summed E-state index contributed by atoms with van der Waals surface area (Å²) in [4.78, 5) is 28.8. The number of hydrogen-bond donors (Lipinski definition) is 1. The first-order chi connectivity index (χ1) is 19.0. The van der Waals surface area contributed by atoms with E-state index in [1.165, 1.54) is 35.2 Å². The fraction of sp³-hybridized carbons (Fsp3) is 0.333. The molecule has 0 bridgehead atoms. The van der Waals surface area contributed by atoms with Crippen molar-refractivity contribution in [2.45, 2.75) is 64.1 Å². The van der Waals surface area contributed by atoms with Gasteiger partial charge in [0, 0.05) is 22.6 Å². The molecule has 1 N–H and O–H groups in total. The van der Waals surface area contributed by atoms with Gasteiger partial charge in [-0.15, -0.1) is 0 Å². The molecule has 0 spiro atoms. The second-order valence-corrected chi connectivity index (χ2v) is 12.4. The van der Waals surface area contributed by atoms with Crippen LogP contribution in [0.15, 0.2) is 77.7 Å². The molecule has 3 rings (SSSR count). The van der Waals surface area contributed by atoms with Gasteiger partial charge in [0.15, 0.2) is 0 Å². The van der Waals surface area contributed by atoms with Crippen molar-refractivity contribution in [2.75, 3.05) is 10.8 Å². The van der Waals surface area contributed by atoms with E-state index in [2.05, 4.69) is 5.32 Å². The van der Waals surface area contributed by atoms with Crippen molar-refractivity contribution < 1.29 is 18.0 Å². The van der Waals surface area contributed by atoms with Crippen molar-refractivity contribution in [3.05, 3.63) is 94.0 Å². The number of halogens is 2. The highest BCUT2D eigenvalue weighted by Crippen LogP contribution is 2.30. The SMILES string of the molecule is CC[C@H](C(=O)N[C@@H](C)CC)N(Cc1ccccc1)C(=O)CN(c1cc(Cl)cc(Cl)c1)S(=O)(=O)c1ccc(C)cc1. The van der Waals surface area contributed by atoms with E-state index in [1.807, 2.05) is 58.0 Å². The summed E-state index contributed by atoms with van der Waals surface area (Å²) in [5.41, 5.74) is 1.84. The van der Waals surface area contributed by atoms with Gasteiger partial charge in [0.05, 0.1) is 10.6 Å². The molecule has 0 aliphatic heterocycles. The lowest BCUT2D eigenvalue weighted by molar-refractivity contribution is -0.140. The number of aryl methyl sites for hydroxylation is 1. The number of benzene rings is 3. The van der Waals surface area contributed by atoms with Crippen molar-refractivity contribution in [3.8, 4) is 0 Å². The van der Waals surface area contributed by atoms with E-state index in [0.29, 0.717) is 6.42 Å². The smallest absolute Gasteiger partial charge is 0.264 e. The molecule has 0 unspecified atom stereocenters. The Balaban J connectivity index is 2.08. The number of nitrogens with one attached hydrogen (secondary N) is 1. The lowest BCUT2D eigenvalue weighted by atomic mass is 10.1. The van der Waals surface area contributed by atoms with Crippen molar-refractivity contribution >= 4 is 50.7 Å². The van der Waals surface area contributed by atoms with E-state index in [0.717, 1.165) is 21.9 Å². The average Bonchev–Trinajstić information content (AvgIpc) is 2.91. The normalized spacial score (nSPS) is 12.8. The summed E-state index contributed by atoms with van der Waals surface area (Å²) in [6.45, 7) is 7.10. The maximum Gasteiger partial charge on any atom is 0.264 e. The van der Waals surface area contributed by atoms with Crippen LogP contribution in [0.5, 0.6) is 0 Å². The topological polar surface area (TPSA) is 86.8 Å². The van der Waals surface area contributed by atoms with Gasteiger partial charge in [-0.3, -0.25) is 13.9 Å². The Morgan fingerprint density at radius 1 is 0.900 bits per heavy atom. The molecule has 10 heteroatoms. The number of sulfonamides is 1. The predicted molar refractivity (Wildman–Crippen MR) is 161 cm³/mol. The molecule has 0 aliphatic rings. The summed E-state index contributed by atoms with van der Waals surface area (Å²) in [6.07, 6.45) is 1.07. The molecule has 2 atom stereocenters. The van der Waals surface area contributed by atoms with Gasteiger partial charge < -0.3 is 10.2 Å². The van der Waals surface area contributed by atoms with Gasteiger partial charge in [0.2, 0.25) is 11.8 Å². The van der Waals surface area contributed by atoms with Gasteiger partial charge in [-0.2, -0.15) is 0 Å². The molecule has 7 nitrogen and oxygen atoms in total. The number of anilines is 1. The van der Waals surface area contributed by atoms with Crippen LogP contribution in [0.25, 0.3) is 0 Å². The minimum atomic E-state index is -4.21. The third-order valence-electron chi connectivity index (χ3n) is 6.61. The fourth-order valence-corrected chi connectivity index (χ4v) is 6.10. The Bertz CT molecular complexity index is 1400. The summed E-state index contributed by atoms with van der Waals surface area (Å²) in [7, 11) is -4.21. The summed E-state index contributed by atoms with van der Waals surface area (Å²) in [5, 5.41) is 3.41. The molecule has 0 aromatic heterocycles. The van der Waals surface area contributed by atoms with Crippen LogP contribution in [0.3, 0.4) is 0 Å². The Labute approximate surface area is 247 Å². The molecule has 214 valence electrons.